The third kappa shape index (κ3) is 6.59. The van der Waals surface area contributed by atoms with Crippen molar-refractivity contribution in [2.75, 3.05) is 6.61 Å². The van der Waals surface area contributed by atoms with Gasteiger partial charge in [0.25, 0.3) is 0 Å². The summed E-state index contributed by atoms with van der Waals surface area (Å²) in [6, 6.07) is 13.6. The first-order valence-corrected chi connectivity index (χ1v) is 8.76. The first-order valence-electron chi connectivity index (χ1n) is 8.38. The van der Waals surface area contributed by atoms with Crippen LogP contribution in [0.3, 0.4) is 0 Å². The molecule has 25 heavy (non-hydrogen) atoms. The van der Waals surface area contributed by atoms with Crippen LogP contribution in [0.5, 0.6) is 5.75 Å². The van der Waals surface area contributed by atoms with Gasteiger partial charge in [0.05, 0.1) is 12.8 Å². The zero-order chi connectivity index (χ0) is 18.1. The summed E-state index contributed by atoms with van der Waals surface area (Å²) in [6.45, 7) is 4.52. The third-order valence-corrected chi connectivity index (χ3v) is 3.97. The van der Waals surface area contributed by atoms with E-state index in [2.05, 4.69) is 29.6 Å². The van der Waals surface area contributed by atoms with Crippen LogP contribution in [0.2, 0.25) is 5.02 Å². The van der Waals surface area contributed by atoms with Gasteiger partial charge in [0.2, 0.25) is 5.91 Å². The van der Waals surface area contributed by atoms with E-state index < -0.39 is 0 Å². The minimum Gasteiger partial charge on any atom is -0.493 e. The van der Waals surface area contributed by atoms with Crippen LogP contribution in [-0.4, -0.2) is 18.7 Å². The Hall–Kier alpha value is -2.33. The molecular weight excluding hydrogens is 336 g/mol. The Labute approximate surface area is 153 Å². The van der Waals surface area contributed by atoms with Crippen molar-refractivity contribution in [3.63, 3.8) is 0 Å². The number of ether oxygens (including phenoxy) is 1. The molecule has 4 nitrogen and oxygen atoms in total. The molecule has 2 rings (SSSR count). The molecule has 0 saturated heterocycles. The molecule has 0 fully saturated rings. The standard InChI is InChI=1S/C20H23ClN2O2/c1-3-16-6-8-17(9-7-16)14-22-23-20(24)5-4-12-25-19-11-10-18(21)13-15(19)2/h6-11,13-14H,3-5,12H2,1-2H3,(H,23,24). The molecule has 0 aliphatic heterocycles. The maximum atomic E-state index is 11.8. The van der Waals surface area contributed by atoms with E-state index in [1.165, 1.54) is 5.56 Å². The lowest BCUT2D eigenvalue weighted by Gasteiger charge is -2.08. The summed E-state index contributed by atoms with van der Waals surface area (Å²) in [5.41, 5.74) is 5.75. The van der Waals surface area contributed by atoms with Crippen molar-refractivity contribution in [2.24, 2.45) is 5.10 Å². The van der Waals surface area contributed by atoms with Crippen molar-refractivity contribution >= 4 is 23.7 Å². The highest BCUT2D eigenvalue weighted by atomic mass is 35.5. The van der Waals surface area contributed by atoms with E-state index in [1.807, 2.05) is 31.2 Å². The summed E-state index contributed by atoms with van der Waals surface area (Å²) < 4.78 is 5.66. The number of nitrogens with zero attached hydrogens (tertiary/aromatic N) is 1. The lowest BCUT2D eigenvalue weighted by atomic mass is 10.1. The highest BCUT2D eigenvalue weighted by molar-refractivity contribution is 6.30. The fraction of sp³-hybridized carbons (Fsp3) is 0.300. The number of carbonyl (C=O) groups is 1. The van der Waals surface area contributed by atoms with Crippen molar-refractivity contribution in [2.45, 2.75) is 33.1 Å². The van der Waals surface area contributed by atoms with Gasteiger partial charge in [0.1, 0.15) is 5.75 Å². The van der Waals surface area contributed by atoms with Gasteiger partial charge in [-0.15, -0.1) is 0 Å². The second-order valence-corrected chi connectivity index (χ2v) is 6.19. The number of hydrazone groups is 1. The van der Waals surface area contributed by atoms with E-state index in [9.17, 15) is 4.79 Å². The van der Waals surface area contributed by atoms with E-state index in [-0.39, 0.29) is 5.91 Å². The van der Waals surface area contributed by atoms with Crippen LogP contribution < -0.4 is 10.2 Å². The van der Waals surface area contributed by atoms with Crippen LogP contribution in [-0.2, 0) is 11.2 Å². The van der Waals surface area contributed by atoms with Gasteiger partial charge in [-0.3, -0.25) is 4.79 Å². The highest BCUT2D eigenvalue weighted by Crippen LogP contribution is 2.21. The number of hydrogen-bond acceptors (Lipinski definition) is 3. The topological polar surface area (TPSA) is 50.7 Å². The van der Waals surface area contributed by atoms with E-state index >= 15 is 0 Å². The van der Waals surface area contributed by atoms with Crippen molar-refractivity contribution in [3.8, 4) is 5.75 Å². The minimum absolute atomic E-state index is 0.127. The summed E-state index contributed by atoms with van der Waals surface area (Å²) in [7, 11) is 0. The van der Waals surface area contributed by atoms with Crippen molar-refractivity contribution < 1.29 is 9.53 Å². The molecule has 132 valence electrons. The Balaban J connectivity index is 1.67. The van der Waals surface area contributed by atoms with Gasteiger partial charge in [-0.05, 0) is 54.7 Å². The molecule has 0 unspecified atom stereocenters. The van der Waals surface area contributed by atoms with Crippen LogP contribution in [0, 0.1) is 6.92 Å². The maximum Gasteiger partial charge on any atom is 0.240 e. The van der Waals surface area contributed by atoms with Crippen LogP contribution in [0.1, 0.15) is 36.5 Å². The van der Waals surface area contributed by atoms with Crippen LogP contribution in [0.15, 0.2) is 47.6 Å². The normalized spacial score (nSPS) is 10.8. The Morgan fingerprint density at radius 2 is 2.00 bits per heavy atom. The van der Waals surface area contributed by atoms with E-state index in [4.69, 9.17) is 16.3 Å². The van der Waals surface area contributed by atoms with E-state index in [0.29, 0.717) is 24.5 Å². The fourth-order valence-corrected chi connectivity index (χ4v) is 2.49. The molecule has 0 aliphatic rings. The second-order valence-electron chi connectivity index (χ2n) is 5.75. The van der Waals surface area contributed by atoms with Crippen molar-refractivity contribution in [1.29, 1.82) is 0 Å². The fourth-order valence-electron chi connectivity index (χ4n) is 2.26. The van der Waals surface area contributed by atoms with Crippen LogP contribution in [0.25, 0.3) is 0 Å². The number of hydrogen-bond donors (Lipinski definition) is 1. The molecule has 0 spiro atoms. The number of aryl methyl sites for hydroxylation is 2. The lowest BCUT2D eigenvalue weighted by Crippen LogP contribution is -2.18. The minimum atomic E-state index is -0.127. The molecular formula is C20H23ClN2O2. The molecule has 0 saturated carbocycles. The Morgan fingerprint density at radius 1 is 1.24 bits per heavy atom. The molecule has 2 aromatic carbocycles. The molecule has 0 bridgehead atoms. The van der Waals surface area contributed by atoms with Crippen molar-refractivity contribution in [1.82, 2.24) is 5.43 Å². The number of amides is 1. The SMILES string of the molecule is CCc1ccc(C=NNC(=O)CCCOc2ccc(Cl)cc2C)cc1. The quantitative estimate of drug-likeness (QED) is 0.428. The lowest BCUT2D eigenvalue weighted by molar-refractivity contribution is -0.121. The number of nitrogens with one attached hydrogen (secondary N) is 1. The van der Waals surface area contributed by atoms with Gasteiger partial charge < -0.3 is 4.74 Å². The molecule has 0 aliphatic carbocycles. The Morgan fingerprint density at radius 3 is 2.68 bits per heavy atom. The smallest absolute Gasteiger partial charge is 0.240 e. The molecule has 0 aromatic heterocycles. The highest BCUT2D eigenvalue weighted by Gasteiger charge is 2.02. The average Bonchev–Trinajstić information content (AvgIpc) is 2.61. The van der Waals surface area contributed by atoms with Gasteiger partial charge in [-0.2, -0.15) is 5.10 Å². The van der Waals surface area contributed by atoms with Gasteiger partial charge in [-0.25, -0.2) is 5.43 Å². The summed E-state index contributed by atoms with van der Waals surface area (Å²) >= 11 is 5.91. The maximum absolute atomic E-state index is 11.8. The first-order chi connectivity index (χ1) is 12.1. The summed E-state index contributed by atoms with van der Waals surface area (Å²) in [4.78, 5) is 11.8. The summed E-state index contributed by atoms with van der Waals surface area (Å²) in [6.07, 6.45) is 3.63. The number of benzene rings is 2. The predicted octanol–water partition coefficient (Wildman–Crippen LogP) is 4.52. The number of carbonyl (C=O) groups excluding carboxylic acids is 1. The summed E-state index contributed by atoms with van der Waals surface area (Å²) in [5.74, 6) is 0.663. The molecule has 0 heterocycles. The molecule has 1 N–H and O–H groups in total. The Kier molecular flexibility index (Phi) is 7.48. The monoisotopic (exact) mass is 358 g/mol. The van der Waals surface area contributed by atoms with Crippen LogP contribution >= 0.6 is 11.6 Å². The van der Waals surface area contributed by atoms with Crippen LogP contribution in [0.4, 0.5) is 0 Å². The molecule has 0 atom stereocenters. The van der Waals surface area contributed by atoms with Gasteiger partial charge in [0, 0.05) is 11.4 Å². The van der Waals surface area contributed by atoms with Gasteiger partial charge >= 0.3 is 0 Å². The molecule has 5 heteroatoms. The number of rotatable bonds is 8. The summed E-state index contributed by atoms with van der Waals surface area (Å²) in [5, 5.41) is 4.66. The zero-order valence-electron chi connectivity index (χ0n) is 14.6. The predicted molar refractivity (Wildman–Crippen MR) is 102 cm³/mol. The third-order valence-electron chi connectivity index (χ3n) is 3.73. The largest absolute Gasteiger partial charge is 0.493 e. The van der Waals surface area contributed by atoms with Gasteiger partial charge in [0.15, 0.2) is 0 Å². The average molecular weight is 359 g/mol. The van der Waals surface area contributed by atoms with E-state index in [1.54, 1.807) is 12.3 Å². The van der Waals surface area contributed by atoms with E-state index in [0.717, 1.165) is 23.3 Å². The van der Waals surface area contributed by atoms with Crippen molar-refractivity contribution in [3.05, 3.63) is 64.2 Å². The number of halogens is 1. The molecule has 2 aromatic rings. The van der Waals surface area contributed by atoms with Gasteiger partial charge in [-0.1, -0.05) is 42.8 Å². The molecule has 1 amide bonds. The first kappa shape index (κ1) is 19.0. The molecule has 0 radical (unpaired) electrons. The Bertz CT molecular complexity index is 727. The zero-order valence-corrected chi connectivity index (χ0v) is 15.3. The second kappa shape index (κ2) is 9.84.